The zero-order valence-electron chi connectivity index (χ0n) is 14.0. The number of hydrogen-bond acceptors (Lipinski definition) is 2. The molecule has 0 aromatic heterocycles. The Balaban J connectivity index is 1.80. The second-order valence-corrected chi connectivity index (χ2v) is 6.26. The zero-order chi connectivity index (χ0) is 16.8. The summed E-state index contributed by atoms with van der Waals surface area (Å²) in [4.78, 5) is 13.8. The van der Waals surface area contributed by atoms with Crippen LogP contribution in [0.5, 0.6) is 0 Å². The van der Waals surface area contributed by atoms with Gasteiger partial charge in [0, 0.05) is 24.0 Å². The number of rotatable bonds is 5. The summed E-state index contributed by atoms with van der Waals surface area (Å²) in [5, 5.41) is 4.46. The van der Waals surface area contributed by atoms with Crippen molar-refractivity contribution in [1.82, 2.24) is 5.43 Å². The fourth-order valence-electron chi connectivity index (χ4n) is 3.14. The van der Waals surface area contributed by atoms with Crippen LogP contribution in [0.15, 0.2) is 65.8 Å². The van der Waals surface area contributed by atoms with E-state index in [1.807, 2.05) is 67.6 Å². The lowest BCUT2D eigenvalue weighted by Gasteiger charge is -2.19. The Bertz CT molecular complexity index is 650. The molecule has 0 unspecified atom stereocenters. The average Bonchev–Trinajstić information content (AvgIpc) is 3.17. The van der Waals surface area contributed by atoms with E-state index in [1.165, 1.54) is 17.7 Å². The van der Waals surface area contributed by atoms with Gasteiger partial charge in [0.05, 0.1) is 18.8 Å². The normalized spacial score (nSPS) is 15.7. The molecule has 1 amide bonds. The summed E-state index contributed by atoms with van der Waals surface area (Å²) >= 11 is 0. The highest BCUT2D eigenvalue weighted by atomic mass is 16.2. The smallest absolute Gasteiger partial charge is 0.298 e. The largest absolute Gasteiger partial charge is 0.325 e. The molecular formula is C20H24N3O+. The van der Waals surface area contributed by atoms with Gasteiger partial charge in [-0.25, -0.2) is 5.43 Å². The van der Waals surface area contributed by atoms with Gasteiger partial charge in [0.1, 0.15) is 0 Å². The first-order valence-electron chi connectivity index (χ1n) is 8.58. The van der Waals surface area contributed by atoms with Crippen LogP contribution >= 0.6 is 0 Å². The molecule has 4 nitrogen and oxygen atoms in total. The second kappa shape index (κ2) is 7.88. The van der Waals surface area contributed by atoms with E-state index in [2.05, 4.69) is 10.5 Å². The molecule has 1 atom stereocenters. The Morgan fingerprint density at radius 2 is 1.46 bits per heavy atom. The number of carbonyl (C=O) groups excluding carboxylic acids is 1. The van der Waals surface area contributed by atoms with Gasteiger partial charge in [-0.05, 0) is 6.92 Å². The van der Waals surface area contributed by atoms with Gasteiger partial charge < -0.3 is 4.90 Å². The second-order valence-electron chi connectivity index (χ2n) is 6.26. The monoisotopic (exact) mass is 322 g/mol. The summed E-state index contributed by atoms with van der Waals surface area (Å²) in [7, 11) is 0. The minimum atomic E-state index is -0.0657. The lowest BCUT2D eigenvalue weighted by atomic mass is 10.0. The minimum Gasteiger partial charge on any atom is -0.325 e. The molecule has 1 aliphatic heterocycles. The molecule has 2 aromatic carbocycles. The van der Waals surface area contributed by atoms with Crippen LogP contribution in [-0.4, -0.2) is 30.8 Å². The summed E-state index contributed by atoms with van der Waals surface area (Å²) < 4.78 is 0. The van der Waals surface area contributed by atoms with Crippen LogP contribution in [-0.2, 0) is 4.79 Å². The third kappa shape index (κ3) is 3.89. The fourth-order valence-corrected chi connectivity index (χ4v) is 3.14. The van der Waals surface area contributed by atoms with Gasteiger partial charge in [0.25, 0.3) is 5.91 Å². The molecule has 0 spiro atoms. The molecule has 1 saturated heterocycles. The number of benzene rings is 2. The molecule has 2 aromatic rings. The summed E-state index contributed by atoms with van der Waals surface area (Å²) in [6.07, 6.45) is 2.41. The van der Waals surface area contributed by atoms with Crippen molar-refractivity contribution in [2.75, 3.05) is 13.1 Å². The molecule has 1 fully saturated rings. The third-order valence-corrected chi connectivity index (χ3v) is 4.62. The van der Waals surface area contributed by atoms with Crippen LogP contribution in [0.2, 0.25) is 0 Å². The van der Waals surface area contributed by atoms with Crippen LogP contribution in [0.1, 0.15) is 30.9 Å². The van der Waals surface area contributed by atoms with Crippen molar-refractivity contribution < 1.29 is 9.69 Å². The Labute approximate surface area is 143 Å². The van der Waals surface area contributed by atoms with Crippen LogP contribution in [0, 0.1) is 0 Å². The summed E-state index contributed by atoms with van der Waals surface area (Å²) in [6, 6.07) is 19.8. The first kappa shape index (κ1) is 16.4. The SMILES string of the molecule is C[C@H](C(=O)NN=C(c1ccccc1)c1ccccc1)[NH+]1CCCC1. The van der Waals surface area contributed by atoms with Gasteiger partial charge in [0.2, 0.25) is 0 Å². The van der Waals surface area contributed by atoms with Crippen molar-refractivity contribution in [2.45, 2.75) is 25.8 Å². The molecule has 24 heavy (non-hydrogen) atoms. The number of nitrogens with one attached hydrogen (secondary N) is 2. The molecule has 0 bridgehead atoms. The van der Waals surface area contributed by atoms with Crippen molar-refractivity contribution in [2.24, 2.45) is 5.10 Å². The number of carbonyl (C=O) groups is 1. The van der Waals surface area contributed by atoms with Crippen molar-refractivity contribution in [3.8, 4) is 0 Å². The van der Waals surface area contributed by atoms with E-state index >= 15 is 0 Å². The van der Waals surface area contributed by atoms with E-state index in [0.717, 1.165) is 29.9 Å². The van der Waals surface area contributed by atoms with Gasteiger partial charge in [-0.2, -0.15) is 5.10 Å². The summed E-state index contributed by atoms with van der Waals surface area (Å²) in [5.74, 6) is -0.0173. The Kier molecular flexibility index (Phi) is 5.39. The minimum absolute atomic E-state index is 0.0173. The summed E-state index contributed by atoms with van der Waals surface area (Å²) in [5.41, 5.74) is 5.55. The van der Waals surface area contributed by atoms with Crippen molar-refractivity contribution in [3.63, 3.8) is 0 Å². The van der Waals surface area contributed by atoms with E-state index in [1.54, 1.807) is 0 Å². The zero-order valence-corrected chi connectivity index (χ0v) is 14.0. The van der Waals surface area contributed by atoms with E-state index in [0.29, 0.717) is 0 Å². The van der Waals surface area contributed by atoms with Gasteiger partial charge in [0.15, 0.2) is 6.04 Å². The van der Waals surface area contributed by atoms with E-state index in [9.17, 15) is 4.79 Å². The summed E-state index contributed by atoms with van der Waals surface area (Å²) in [6.45, 7) is 4.13. The number of quaternary nitrogens is 1. The van der Waals surface area contributed by atoms with E-state index in [-0.39, 0.29) is 11.9 Å². The predicted molar refractivity (Wildman–Crippen MR) is 96.1 cm³/mol. The molecule has 4 heteroatoms. The van der Waals surface area contributed by atoms with Gasteiger partial charge in [-0.1, -0.05) is 60.7 Å². The number of likely N-dealkylation sites (tertiary alicyclic amines) is 1. The highest BCUT2D eigenvalue weighted by Gasteiger charge is 2.27. The number of hydrogen-bond donors (Lipinski definition) is 2. The maximum atomic E-state index is 12.5. The van der Waals surface area contributed by atoms with Gasteiger partial charge in [-0.3, -0.25) is 4.79 Å². The molecule has 1 heterocycles. The lowest BCUT2D eigenvalue weighted by Crippen LogP contribution is -3.14. The van der Waals surface area contributed by atoms with Crippen molar-refractivity contribution in [3.05, 3.63) is 71.8 Å². The van der Waals surface area contributed by atoms with Crippen molar-refractivity contribution in [1.29, 1.82) is 0 Å². The Morgan fingerprint density at radius 3 is 1.96 bits per heavy atom. The highest BCUT2D eigenvalue weighted by molar-refractivity contribution is 6.13. The van der Waals surface area contributed by atoms with Crippen LogP contribution in [0.3, 0.4) is 0 Å². The maximum absolute atomic E-state index is 12.5. The fraction of sp³-hybridized carbons (Fsp3) is 0.300. The standard InChI is InChI=1S/C20H23N3O/c1-16(23-14-8-9-15-23)20(24)22-21-19(17-10-4-2-5-11-17)18-12-6-3-7-13-18/h2-7,10-13,16H,8-9,14-15H2,1H3,(H,22,24)/p+1/t16-/m1/s1. The van der Waals surface area contributed by atoms with Crippen LogP contribution in [0.25, 0.3) is 0 Å². The molecule has 124 valence electrons. The highest BCUT2D eigenvalue weighted by Crippen LogP contribution is 2.10. The van der Waals surface area contributed by atoms with E-state index < -0.39 is 0 Å². The van der Waals surface area contributed by atoms with Crippen LogP contribution < -0.4 is 10.3 Å². The quantitative estimate of drug-likeness (QED) is 0.638. The first-order chi connectivity index (χ1) is 11.8. The van der Waals surface area contributed by atoms with Gasteiger partial charge >= 0.3 is 0 Å². The molecule has 2 N–H and O–H groups in total. The average molecular weight is 322 g/mol. The lowest BCUT2D eigenvalue weighted by molar-refractivity contribution is -0.901. The van der Waals surface area contributed by atoms with Gasteiger partial charge in [-0.15, -0.1) is 0 Å². The molecule has 3 rings (SSSR count). The molecule has 1 aliphatic rings. The first-order valence-corrected chi connectivity index (χ1v) is 8.58. The number of hydrazone groups is 1. The molecule has 0 saturated carbocycles. The molecule has 0 radical (unpaired) electrons. The molecule has 0 aliphatic carbocycles. The van der Waals surface area contributed by atoms with Crippen LogP contribution in [0.4, 0.5) is 0 Å². The maximum Gasteiger partial charge on any atom is 0.298 e. The van der Waals surface area contributed by atoms with E-state index in [4.69, 9.17) is 0 Å². The number of amides is 1. The Hall–Kier alpha value is -2.46. The topological polar surface area (TPSA) is 45.9 Å². The van der Waals surface area contributed by atoms with Crippen molar-refractivity contribution >= 4 is 11.6 Å². The third-order valence-electron chi connectivity index (χ3n) is 4.62. The molecular weight excluding hydrogens is 298 g/mol. The Morgan fingerprint density at radius 1 is 0.958 bits per heavy atom. The predicted octanol–water partition coefficient (Wildman–Crippen LogP) is 1.62. The number of nitrogens with zero attached hydrogens (tertiary/aromatic N) is 1.